The average molecular weight is 550 g/mol. The van der Waals surface area contributed by atoms with Crippen molar-refractivity contribution in [2.45, 2.75) is 23.8 Å². The number of halogens is 2. The molecule has 1 fully saturated rings. The molecule has 1 aliphatic heterocycles. The number of aromatic nitrogens is 3. The van der Waals surface area contributed by atoms with E-state index in [1.54, 1.807) is 23.1 Å². The van der Waals surface area contributed by atoms with E-state index >= 15 is 0 Å². The van der Waals surface area contributed by atoms with Crippen LogP contribution in [-0.4, -0.2) is 59.6 Å². The number of nitrogens with one attached hydrogen (secondary N) is 1. The minimum Gasteiger partial charge on any atom is -0.474 e. The van der Waals surface area contributed by atoms with E-state index in [9.17, 15) is 17.6 Å². The number of amides is 1. The molecule has 0 aliphatic carbocycles. The molecule has 0 bridgehead atoms. The van der Waals surface area contributed by atoms with Gasteiger partial charge in [0.2, 0.25) is 5.88 Å². The summed E-state index contributed by atoms with van der Waals surface area (Å²) < 4.78 is 44.1. The predicted octanol–water partition coefficient (Wildman–Crippen LogP) is 3.60. The van der Waals surface area contributed by atoms with Gasteiger partial charge in [-0.3, -0.25) is 4.79 Å². The Morgan fingerprint density at radius 3 is 2.62 bits per heavy atom. The number of ether oxygens (including phenoxy) is 1. The van der Waals surface area contributed by atoms with Crippen LogP contribution in [0.3, 0.4) is 0 Å². The zero-order chi connectivity index (χ0) is 24.3. The van der Waals surface area contributed by atoms with Crippen molar-refractivity contribution in [3.8, 4) is 5.88 Å². The summed E-state index contributed by atoms with van der Waals surface area (Å²) in [7, 11) is -3.51. The van der Waals surface area contributed by atoms with Gasteiger partial charge >= 0.3 is 0 Å². The van der Waals surface area contributed by atoms with E-state index in [1.165, 1.54) is 24.5 Å². The molecule has 34 heavy (non-hydrogen) atoms. The first-order valence-corrected chi connectivity index (χ1v) is 13.0. The molecule has 1 saturated heterocycles. The summed E-state index contributed by atoms with van der Waals surface area (Å²) in [5.41, 5.74) is 0.460. The van der Waals surface area contributed by atoms with Gasteiger partial charge in [0.1, 0.15) is 34.4 Å². The Kier molecular flexibility index (Phi) is 7.08. The molecule has 0 atom stereocenters. The number of rotatable bonds is 6. The number of benzene rings is 1. The highest BCUT2D eigenvalue weighted by Crippen LogP contribution is 2.24. The number of nitrogens with zero attached hydrogens (tertiary/aromatic N) is 4. The molecular formula is C22H21BrFN5O4S. The fourth-order valence-corrected chi connectivity index (χ4v) is 4.45. The van der Waals surface area contributed by atoms with Crippen molar-refractivity contribution in [2.24, 2.45) is 0 Å². The molecule has 0 unspecified atom stereocenters. The van der Waals surface area contributed by atoms with Gasteiger partial charge in [0.15, 0.2) is 9.84 Å². The van der Waals surface area contributed by atoms with Crippen LogP contribution in [0, 0.1) is 5.82 Å². The van der Waals surface area contributed by atoms with Gasteiger partial charge in [0, 0.05) is 38.3 Å². The summed E-state index contributed by atoms with van der Waals surface area (Å²) in [5.74, 6) is -0.244. The van der Waals surface area contributed by atoms with Gasteiger partial charge in [-0.2, -0.15) is 0 Å². The number of sulfone groups is 1. The highest BCUT2D eigenvalue weighted by Gasteiger charge is 2.26. The van der Waals surface area contributed by atoms with Gasteiger partial charge in [0.25, 0.3) is 5.91 Å². The summed E-state index contributed by atoms with van der Waals surface area (Å²) in [6, 6.07) is 10.4. The van der Waals surface area contributed by atoms with Crippen molar-refractivity contribution in [1.29, 1.82) is 0 Å². The Hall–Kier alpha value is -3.12. The van der Waals surface area contributed by atoms with Gasteiger partial charge in [-0.05, 0) is 46.3 Å². The first-order chi connectivity index (χ1) is 16.2. The Morgan fingerprint density at radius 1 is 1.18 bits per heavy atom. The van der Waals surface area contributed by atoms with Crippen molar-refractivity contribution < 1.29 is 22.3 Å². The zero-order valence-electron chi connectivity index (χ0n) is 18.1. The van der Waals surface area contributed by atoms with Crippen LogP contribution < -0.4 is 10.1 Å². The summed E-state index contributed by atoms with van der Waals surface area (Å²) >= 11 is 3.28. The van der Waals surface area contributed by atoms with Crippen molar-refractivity contribution in [1.82, 2.24) is 19.9 Å². The number of anilines is 2. The van der Waals surface area contributed by atoms with E-state index in [1.807, 2.05) is 0 Å². The molecule has 1 aromatic carbocycles. The van der Waals surface area contributed by atoms with Gasteiger partial charge in [-0.15, -0.1) is 0 Å². The maximum atomic E-state index is 14.3. The van der Waals surface area contributed by atoms with E-state index in [0.717, 1.165) is 12.3 Å². The number of pyridine rings is 1. The van der Waals surface area contributed by atoms with Crippen molar-refractivity contribution >= 4 is 43.2 Å². The molecule has 1 N–H and O–H groups in total. The van der Waals surface area contributed by atoms with Crippen LogP contribution in [0.25, 0.3) is 0 Å². The predicted molar refractivity (Wildman–Crippen MR) is 126 cm³/mol. The Bertz CT molecular complexity index is 1320. The maximum Gasteiger partial charge on any atom is 0.272 e. The van der Waals surface area contributed by atoms with E-state index in [-0.39, 0.29) is 22.6 Å². The molecule has 1 amide bonds. The molecule has 178 valence electrons. The van der Waals surface area contributed by atoms with E-state index < -0.39 is 15.7 Å². The van der Waals surface area contributed by atoms with E-state index in [0.29, 0.717) is 47.9 Å². The number of likely N-dealkylation sites (tertiary alicyclic amines) is 1. The van der Waals surface area contributed by atoms with Crippen LogP contribution in [-0.2, 0) is 9.84 Å². The normalized spacial score (nSPS) is 14.6. The maximum absolute atomic E-state index is 14.3. The number of piperidine rings is 1. The van der Waals surface area contributed by atoms with Crippen LogP contribution >= 0.6 is 15.9 Å². The third-order valence-electron chi connectivity index (χ3n) is 5.22. The summed E-state index contributed by atoms with van der Waals surface area (Å²) in [6.07, 6.45) is 3.40. The average Bonchev–Trinajstić information content (AvgIpc) is 2.80. The molecule has 9 nitrogen and oxygen atoms in total. The summed E-state index contributed by atoms with van der Waals surface area (Å²) in [6.45, 7) is 1.04. The smallest absolute Gasteiger partial charge is 0.272 e. The monoisotopic (exact) mass is 549 g/mol. The third kappa shape index (κ3) is 5.86. The second kappa shape index (κ2) is 10.0. The standard InChI is InChI=1S/C22H21BrFN5O4S/c1-34(31,32)15-5-6-17(16(24)11-15)28-20-12-21(26-13-25-20)33-14-7-9-29(10-8-14)22(30)18-3-2-4-19(23)27-18/h2-6,11-14H,7-10H2,1H3,(H,25,26,28). The van der Waals surface area contributed by atoms with Crippen LogP contribution in [0.15, 0.2) is 58.3 Å². The topological polar surface area (TPSA) is 114 Å². The lowest BCUT2D eigenvalue weighted by Crippen LogP contribution is -2.42. The highest BCUT2D eigenvalue weighted by atomic mass is 79.9. The van der Waals surface area contributed by atoms with Gasteiger partial charge < -0.3 is 15.0 Å². The summed E-state index contributed by atoms with van der Waals surface area (Å²) in [4.78, 5) is 26.7. The Labute approximate surface area is 204 Å². The zero-order valence-corrected chi connectivity index (χ0v) is 20.5. The highest BCUT2D eigenvalue weighted by molar-refractivity contribution is 9.10. The molecule has 4 rings (SSSR count). The van der Waals surface area contributed by atoms with Crippen LogP contribution in [0.4, 0.5) is 15.9 Å². The molecule has 0 spiro atoms. The van der Waals surface area contributed by atoms with E-state index in [4.69, 9.17) is 4.74 Å². The molecule has 12 heteroatoms. The van der Waals surface area contributed by atoms with Gasteiger partial charge in [0.05, 0.1) is 10.6 Å². The Morgan fingerprint density at radius 2 is 1.94 bits per heavy atom. The number of carbonyl (C=O) groups excluding carboxylic acids is 1. The van der Waals surface area contributed by atoms with Crippen molar-refractivity contribution in [2.75, 3.05) is 24.7 Å². The molecule has 3 aromatic rings. The fraction of sp³-hybridized carbons (Fsp3) is 0.273. The minimum absolute atomic E-state index is 0.0741. The SMILES string of the molecule is CS(=O)(=O)c1ccc(Nc2cc(OC3CCN(C(=O)c4cccc(Br)n4)CC3)ncn2)c(F)c1. The number of hydrogen-bond donors (Lipinski definition) is 1. The quantitative estimate of drug-likeness (QED) is 0.464. The van der Waals surface area contributed by atoms with Crippen LogP contribution in [0.5, 0.6) is 5.88 Å². The molecule has 1 aliphatic rings. The third-order valence-corrected chi connectivity index (χ3v) is 6.78. The lowest BCUT2D eigenvalue weighted by atomic mass is 10.1. The first kappa shape index (κ1) is 24.0. The minimum atomic E-state index is -3.51. The molecule has 0 radical (unpaired) electrons. The van der Waals surface area contributed by atoms with Crippen LogP contribution in [0.2, 0.25) is 0 Å². The van der Waals surface area contributed by atoms with Crippen molar-refractivity contribution in [3.63, 3.8) is 0 Å². The first-order valence-electron chi connectivity index (χ1n) is 10.4. The fourth-order valence-electron chi connectivity index (χ4n) is 3.47. The molecular weight excluding hydrogens is 529 g/mol. The largest absolute Gasteiger partial charge is 0.474 e. The van der Waals surface area contributed by atoms with Crippen molar-refractivity contribution in [3.05, 3.63) is 64.9 Å². The van der Waals surface area contributed by atoms with Gasteiger partial charge in [-0.1, -0.05) is 6.07 Å². The number of carbonyl (C=O) groups is 1. The van der Waals surface area contributed by atoms with E-state index in [2.05, 4.69) is 36.2 Å². The molecule has 0 saturated carbocycles. The number of hydrogen-bond acceptors (Lipinski definition) is 8. The lowest BCUT2D eigenvalue weighted by Gasteiger charge is -2.31. The van der Waals surface area contributed by atoms with Crippen LogP contribution in [0.1, 0.15) is 23.3 Å². The molecule has 3 heterocycles. The lowest BCUT2D eigenvalue weighted by molar-refractivity contribution is 0.0582. The second-order valence-corrected chi connectivity index (χ2v) is 10.6. The Balaban J connectivity index is 1.36. The summed E-state index contributed by atoms with van der Waals surface area (Å²) in [5, 5.41) is 2.81. The second-order valence-electron chi connectivity index (χ2n) is 7.74. The molecule has 2 aromatic heterocycles. The van der Waals surface area contributed by atoms with Gasteiger partial charge in [-0.25, -0.2) is 27.8 Å².